The van der Waals surface area contributed by atoms with Gasteiger partial charge < -0.3 is 10.1 Å². The molecule has 0 aliphatic heterocycles. The zero-order valence-corrected chi connectivity index (χ0v) is 15.8. The maximum Gasteiger partial charge on any atom is 0.333 e. The minimum atomic E-state index is -1.07. The predicted octanol–water partition coefficient (Wildman–Crippen LogP) is 3.70. The highest BCUT2D eigenvalue weighted by Crippen LogP contribution is 2.53. The molecule has 1 amide bonds. The summed E-state index contributed by atoms with van der Waals surface area (Å²) in [6.07, 6.45) is 5.06. The van der Waals surface area contributed by atoms with Crippen LogP contribution in [-0.2, 0) is 9.53 Å². The topological polar surface area (TPSA) is 55.4 Å². The van der Waals surface area contributed by atoms with Crippen LogP contribution >= 0.6 is 11.8 Å². The summed E-state index contributed by atoms with van der Waals surface area (Å²) in [6.45, 7) is 0. The van der Waals surface area contributed by atoms with Crippen LogP contribution in [0.25, 0.3) is 0 Å². The maximum absolute atomic E-state index is 13.0. The average Bonchev–Trinajstić information content (AvgIpc) is 3.31. The number of methoxy groups -OCH3 is 1. The summed E-state index contributed by atoms with van der Waals surface area (Å²) in [4.78, 5) is 27.0. The normalized spacial score (nSPS) is 28.1. The highest BCUT2D eigenvalue weighted by molar-refractivity contribution is 8.00. The quantitative estimate of drug-likeness (QED) is 0.636. The van der Waals surface area contributed by atoms with E-state index in [1.54, 1.807) is 23.9 Å². The number of fused-ring (bicyclic) bond motifs is 2. The monoisotopic (exact) mass is 379 g/mol. The lowest BCUT2D eigenvalue weighted by atomic mass is 9.83. The molecule has 2 aliphatic carbocycles. The van der Waals surface area contributed by atoms with Gasteiger partial charge in [-0.2, -0.15) is 0 Å². The van der Waals surface area contributed by atoms with Crippen LogP contribution in [0.15, 0.2) is 77.7 Å². The van der Waals surface area contributed by atoms with Gasteiger partial charge in [-0.15, -0.1) is 11.8 Å². The Balaban J connectivity index is 1.71. The standard InChI is InChI=1S/C22H21NO3S/c1-26-21(25)22(23-20(24)15-8-4-2-5-9-15)17-13-12-16(14-17)19(22)27-18-10-6-3-7-11-18/h2-13,16-17,19H,14H2,1H3,(H,23,24)/t16-,17+,19-,22+/m1/s1. The van der Waals surface area contributed by atoms with Crippen LogP contribution in [0.3, 0.4) is 0 Å². The fourth-order valence-electron chi connectivity index (χ4n) is 4.16. The van der Waals surface area contributed by atoms with Crippen molar-refractivity contribution >= 4 is 23.6 Å². The van der Waals surface area contributed by atoms with Gasteiger partial charge in [0.15, 0.2) is 5.54 Å². The van der Waals surface area contributed by atoms with Crippen LogP contribution in [0, 0.1) is 11.8 Å². The molecule has 2 aliphatic rings. The van der Waals surface area contributed by atoms with Gasteiger partial charge in [-0.05, 0) is 36.6 Å². The number of carbonyl (C=O) groups excluding carboxylic acids is 2. The molecule has 4 nitrogen and oxygen atoms in total. The van der Waals surface area contributed by atoms with Crippen molar-refractivity contribution in [3.05, 3.63) is 78.4 Å². The first-order valence-electron chi connectivity index (χ1n) is 9.01. The largest absolute Gasteiger partial charge is 0.467 e. The average molecular weight is 379 g/mol. The fraction of sp³-hybridized carbons (Fsp3) is 0.273. The molecule has 27 heavy (non-hydrogen) atoms. The lowest BCUT2D eigenvalue weighted by Gasteiger charge is -2.39. The van der Waals surface area contributed by atoms with E-state index < -0.39 is 5.54 Å². The molecule has 2 aromatic rings. The second-order valence-electron chi connectivity index (χ2n) is 6.92. The number of benzene rings is 2. The zero-order chi connectivity index (χ0) is 18.9. The molecule has 4 rings (SSSR count). The van der Waals surface area contributed by atoms with Crippen LogP contribution in [0.2, 0.25) is 0 Å². The molecular weight excluding hydrogens is 358 g/mol. The molecule has 0 radical (unpaired) electrons. The molecule has 1 N–H and O–H groups in total. The molecule has 2 aromatic carbocycles. The maximum atomic E-state index is 13.0. The van der Waals surface area contributed by atoms with Crippen molar-refractivity contribution in [3.8, 4) is 0 Å². The number of nitrogens with one attached hydrogen (secondary N) is 1. The van der Waals surface area contributed by atoms with Crippen LogP contribution in [0.1, 0.15) is 16.8 Å². The fourth-order valence-corrected chi connectivity index (χ4v) is 5.66. The third kappa shape index (κ3) is 3.06. The predicted molar refractivity (Wildman–Crippen MR) is 105 cm³/mol. The van der Waals surface area contributed by atoms with E-state index in [9.17, 15) is 9.59 Å². The van der Waals surface area contributed by atoms with Crippen molar-refractivity contribution in [1.82, 2.24) is 5.32 Å². The van der Waals surface area contributed by atoms with Crippen LogP contribution < -0.4 is 5.32 Å². The van der Waals surface area contributed by atoms with Crippen LogP contribution in [0.4, 0.5) is 0 Å². The Kier molecular flexibility index (Phi) is 4.79. The van der Waals surface area contributed by atoms with E-state index in [0.29, 0.717) is 5.56 Å². The minimum Gasteiger partial charge on any atom is -0.467 e. The number of amides is 1. The first-order valence-corrected chi connectivity index (χ1v) is 9.89. The van der Waals surface area contributed by atoms with Crippen molar-refractivity contribution < 1.29 is 14.3 Å². The number of ether oxygens (including phenoxy) is 1. The van der Waals surface area contributed by atoms with Crippen molar-refractivity contribution in [2.45, 2.75) is 22.1 Å². The lowest BCUT2D eigenvalue weighted by Crippen LogP contribution is -2.63. The Hall–Kier alpha value is -2.53. The Morgan fingerprint density at radius 1 is 1.04 bits per heavy atom. The van der Waals surface area contributed by atoms with E-state index in [1.165, 1.54) is 7.11 Å². The summed E-state index contributed by atoms with van der Waals surface area (Å²) in [7, 11) is 1.39. The molecule has 0 aromatic heterocycles. The molecule has 0 spiro atoms. The second kappa shape index (κ2) is 7.24. The van der Waals surface area contributed by atoms with Crippen molar-refractivity contribution in [3.63, 3.8) is 0 Å². The summed E-state index contributed by atoms with van der Waals surface area (Å²) in [6, 6.07) is 19.0. The van der Waals surface area contributed by atoms with Gasteiger partial charge in [-0.3, -0.25) is 4.79 Å². The van der Waals surface area contributed by atoms with Crippen molar-refractivity contribution in [1.29, 1.82) is 0 Å². The third-order valence-corrected chi connectivity index (χ3v) is 6.94. The van der Waals surface area contributed by atoms with E-state index in [0.717, 1.165) is 11.3 Å². The minimum absolute atomic E-state index is 0.0659. The molecule has 1 fully saturated rings. The van der Waals surface area contributed by atoms with Gasteiger partial charge in [0, 0.05) is 16.4 Å². The summed E-state index contributed by atoms with van der Waals surface area (Å²) in [5, 5.41) is 2.96. The Bertz CT molecular complexity index is 868. The molecular formula is C22H21NO3S. The number of thioether (sulfide) groups is 1. The number of rotatable bonds is 5. The SMILES string of the molecule is COC(=O)[C@@]1(NC(=O)c2ccccc2)[C@H](Sc2ccccc2)[C@@H]2C=C[C@H]1C2. The van der Waals surface area contributed by atoms with Gasteiger partial charge >= 0.3 is 5.97 Å². The molecule has 2 bridgehead atoms. The van der Waals surface area contributed by atoms with Gasteiger partial charge in [-0.1, -0.05) is 48.6 Å². The van der Waals surface area contributed by atoms with Crippen molar-refractivity contribution in [2.24, 2.45) is 11.8 Å². The van der Waals surface area contributed by atoms with E-state index in [1.807, 2.05) is 48.5 Å². The highest BCUT2D eigenvalue weighted by atomic mass is 32.2. The first-order chi connectivity index (χ1) is 13.1. The summed E-state index contributed by atoms with van der Waals surface area (Å²) < 4.78 is 5.19. The van der Waals surface area contributed by atoms with Crippen molar-refractivity contribution in [2.75, 3.05) is 7.11 Å². The summed E-state index contributed by atoms with van der Waals surface area (Å²) in [5.74, 6) is -0.475. The molecule has 0 heterocycles. The number of carbonyl (C=O) groups is 2. The molecule has 0 saturated heterocycles. The van der Waals surface area contributed by atoms with Crippen LogP contribution in [-0.4, -0.2) is 29.8 Å². The van der Waals surface area contributed by atoms with Gasteiger partial charge in [0.25, 0.3) is 5.91 Å². The summed E-state index contributed by atoms with van der Waals surface area (Å²) in [5.41, 5.74) is -0.530. The Labute approximate surface area is 163 Å². The Morgan fingerprint density at radius 3 is 2.37 bits per heavy atom. The van der Waals surface area contributed by atoms with Gasteiger partial charge in [0.1, 0.15) is 0 Å². The number of allylic oxidation sites excluding steroid dienone is 1. The van der Waals surface area contributed by atoms with E-state index in [2.05, 4.69) is 17.5 Å². The van der Waals surface area contributed by atoms with Gasteiger partial charge in [0.05, 0.1) is 12.4 Å². The lowest BCUT2D eigenvalue weighted by molar-refractivity contribution is -0.149. The highest BCUT2D eigenvalue weighted by Gasteiger charge is 2.62. The second-order valence-corrected chi connectivity index (χ2v) is 8.14. The van der Waals surface area contributed by atoms with E-state index in [4.69, 9.17) is 4.74 Å². The van der Waals surface area contributed by atoms with E-state index >= 15 is 0 Å². The molecule has 0 unspecified atom stereocenters. The smallest absolute Gasteiger partial charge is 0.333 e. The Morgan fingerprint density at radius 2 is 1.70 bits per heavy atom. The number of esters is 1. The molecule has 1 saturated carbocycles. The molecule has 138 valence electrons. The zero-order valence-electron chi connectivity index (χ0n) is 15.0. The molecule has 5 heteroatoms. The van der Waals surface area contributed by atoms with Crippen LogP contribution in [0.5, 0.6) is 0 Å². The number of hydrogen-bond donors (Lipinski definition) is 1. The van der Waals surface area contributed by atoms with E-state index in [-0.39, 0.29) is 29.0 Å². The number of hydrogen-bond acceptors (Lipinski definition) is 4. The first kappa shape index (κ1) is 17.9. The molecule has 4 atom stereocenters. The van der Waals surface area contributed by atoms with Gasteiger partial charge in [0.2, 0.25) is 0 Å². The van der Waals surface area contributed by atoms with Gasteiger partial charge in [-0.25, -0.2) is 4.79 Å². The third-order valence-electron chi connectivity index (χ3n) is 5.42. The summed E-state index contributed by atoms with van der Waals surface area (Å²) >= 11 is 1.64.